The van der Waals surface area contributed by atoms with Crippen LogP contribution in [-0.2, 0) is 13.0 Å². The summed E-state index contributed by atoms with van der Waals surface area (Å²) in [4.78, 5) is 13.9. The molecule has 2 aromatic rings. The number of phenols is 1. The normalized spacial score (nSPS) is 14.8. The van der Waals surface area contributed by atoms with Gasteiger partial charge >= 0.3 is 0 Å². The molecule has 27 heavy (non-hydrogen) atoms. The molecule has 0 bridgehead atoms. The van der Waals surface area contributed by atoms with Gasteiger partial charge in [-0.2, -0.15) is 0 Å². The van der Waals surface area contributed by atoms with Crippen LogP contribution in [-0.4, -0.2) is 53.7 Å². The molecule has 0 spiro atoms. The molecule has 3 rings (SSSR count). The second kappa shape index (κ2) is 10.7. The van der Waals surface area contributed by atoms with Crippen molar-refractivity contribution in [3.05, 3.63) is 40.3 Å². The van der Waals surface area contributed by atoms with Crippen LogP contribution >= 0.6 is 35.3 Å². The van der Waals surface area contributed by atoms with Crippen molar-refractivity contribution in [3.63, 3.8) is 0 Å². The first-order chi connectivity index (χ1) is 12.7. The van der Waals surface area contributed by atoms with Crippen molar-refractivity contribution in [2.24, 2.45) is 4.99 Å². The van der Waals surface area contributed by atoms with E-state index >= 15 is 0 Å². The number of aromatic nitrogens is 1. The van der Waals surface area contributed by atoms with Crippen LogP contribution in [0.3, 0.4) is 0 Å². The summed E-state index contributed by atoms with van der Waals surface area (Å²) in [6.45, 7) is 9.13. The predicted molar refractivity (Wildman–Crippen MR) is 124 cm³/mol. The third-order valence-corrected chi connectivity index (χ3v) is 5.47. The lowest BCUT2D eigenvalue weighted by atomic mass is 10.2. The molecule has 0 amide bonds. The summed E-state index contributed by atoms with van der Waals surface area (Å²) in [6.07, 6.45) is 0.975. The van der Waals surface area contributed by atoms with Crippen molar-refractivity contribution < 1.29 is 5.11 Å². The van der Waals surface area contributed by atoms with Gasteiger partial charge in [0, 0.05) is 38.1 Å². The van der Waals surface area contributed by atoms with Crippen LogP contribution in [0.2, 0.25) is 0 Å². The highest BCUT2D eigenvalue weighted by Gasteiger charge is 2.21. The van der Waals surface area contributed by atoms with E-state index in [9.17, 15) is 5.11 Å². The summed E-state index contributed by atoms with van der Waals surface area (Å²) in [5.74, 6) is 1.28. The minimum atomic E-state index is 0. The summed E-state index contributed by atoms with van der Waals surface area (Å²) < 4.78 is 0. The van der Waals surface area contributed by atoms with Gasteiger partial charge in [-0.1, -0.05) is 19.1 Å². The van der Waals surface area contributed by atoms with E-state index in [0.29, 0.717) is 12.3 Å². The maximum absolute atomic E-state index is 10.1. The second-order valence-electron chi connectivity index (χ2n) is 6.22. The van der Waals surface area contributed by atoms with Crippen LogP contribution in [0.15, 0.2) is 34.6 Å². The topological polar surface area (TPSA) is 64.0 Å². The van der Waals surface area contributed by atoms with Gasteiger partial charge in [-0.25, -0.2) is 9.98 Å². The zero-order chi connectivity index (χ0) is 18.4. The number of aryl methyl sites for hydroxylation is 1. The Hall–Kier alpha value is -1.55. The molecule has 1 aliphatic rings. The number of thiazole rings is 1. The van der Waals surface area contributed by atoms with Gasteiger partial charge in [0.1, 0.15) is 5.75 Å². The fourth-order valence-corrected chi connectivity index (χ4v) is 3.79. The van der Waals surface area contributed by atoms with Crippen molar-refractivity contribution in [3.8, 4) is 5.75 Å². The highest BCUT2D eigenvalue weighted by molar-refractivity contribution is 14.0. The van der Waals surface area contributed by atoms with E-state index in [0.717, 1.165) is 61.5 Å². The first-order valence-electron chi connectivity index (χ1n) is 9.20. The number of phenolic OH excluding ortho intramolecular Hbond substituents is 1. The lowest BCUT2D eigenvalue weighted by Crippen LogP contribution is -2.52. The molecule has 1 fully saturated rings. The summed E-state index contributed by atoms with van der Waals surface area (Å²) >= 11 is 1.70. The van der Waals surface area contributed by atoms with Crippen molar-refractivity contribution in [1.82, 2.24) is 15.2 Å². The Kier molecular flexibility index (Phi) is 8.62. The van der Waals surface area contributed by atoms with Gasteiger partial charge in [0.25, 0.3) is 0 Å². The Morgan fingerprint density at radius 2 is 1.96 bits per heavy atom. The van der Waals surface area contributed by atoms with Gasteiger partial charge in [-0.15, -0.1) is 35.3 Å². The SMILES string of the molecule is CCNC(=NCc1csc(CC)n1)N1CCN(c2ccccc2O)CC1.I. The lowest BCUT2D eigenvalue weighted by molar-refractivity contribution is 0.369. The van der Waals surface area contributed by atoms with Crippen molar-refractivity contribution in [2.75, 3.05) is 37.6 Å². The molecule has 2 N–H and O–H groups in total. The molecule has 1 saturated heterocycles. The van der Waals surface area contributed by atoms with Gasteiger partial charge in [-0.3, -0.25) is 0 Å². The number of halogens is 1. The number of rotatable bonds is 5. The van der Waals surface area contributed by atoms with E-state index in [1.54, 1.807) is 17.4 Å². The molecule has 0 radical (unpaired) electrons. The number of hydrogen-bond donors (Lipinski definition) is 2. The molecule has 0 aliphatic carbocycles. The number of para-hydroxylation sites is 2. The minimum Gasteiger partial charge on any atom is -0.506 e. The summed E-state index contributed by atoms with van der Waals surface area (Å²) in [5, 5.41) is 16.7. The van der Waals surface area contributed by atoms with Crippen LogP contribution in [0.25, 0.3) is 0 Å². The van der Waals surface area contributed by atoms with Gasteiger partial charge < -0.3 is 20.2 Å². The van der Waals surface area contributed by atoms with E-state index in [2.05, 4.69) is 39.3 Å². The van der Waals surface area contributed by atoms with Crippen LogP contribution in [0.4, 0.5) is 5.69 Å². The number of guanidine groups is 1. The summed E-state index contributed by atoms with van der Waals surface area (Å²) in [6, 6.07) is 7.53. The third-order valence-electron chi connectivity index (χ3n) is 4.43. The fraction of sp³-hybridized carbons (Fsp3) is 0.474. The molecule has 8 heteroatoms. The van der Waals surface area contributed by atoms with E-state index < -0.39 is 0 Å². The maximum Gasteiger partial charge on any atom is 0.194 e. The third kappa shape index (κ3) is 5.71. The van der Waals surface area contributed by atoms with Gasteiger partial charge in [-0.05, 0) is 25.5 Å². The quantitative estimate of drug-likeness (QED) is 0.374. The Morgan fingerprint density at radius 3 is 2.59 bits per heavy atom. The smallest absolute Gasteiger partial charge is 0.194 e. The fourth-order valence-electron chi connectivity index (χ4n) is 3.06. The highest BCUT2D eigenvalue weighted by Crippen LogP contribution is 2.27. The molecule has 0 saturated carbocycles. The number of hydrogen-bond acceptors (Lipinski definition) is 5. The van der Waals surface area contributed by atoms with Gasteiger partial charge in [0.15, 0.2) is 5.96 Å². The summed E-state index contributed by atoms with van der Waals surface area (Å²) in [5.41, 5.74) is 1.94. The zero-order valence-corrected chi connectivity index (χ0v) is 19.0. The first-order valence-corrected chi connectivity index (χ1v) is 10.1. The first kappa shape index (κ1) is 21.7. The molecule has 0 atom stereocenters. The Morgan fingerprint density at radius 1 is 1.22 bits per heavy atom. The molecule has 2 heterocycles. The predicted octanol–water partition coefficient (Wildman–Crippen LogP) is 3.32. The minimum absolute atomic E-state index is 0. The Balaban J connectivity index is 0.00000261. The van der Waals surface area contributed by atoms with Crippen LogP contribution < -0.4 is 10.2 Å². The molecule has 1 aliphatic heterocycles. The van der Waals surface area contributed by atoms with Crippen LogP contribution in [0.1, 0.15) is 24.5 Å². The molecule has 0 unspecified atom stereocenters. The molecule has 148 valence electrons. The number of benzene rings is 1. The number of piperazine rings is 1. The number of aromatic hydroxyl groups is 1. The van der Waals surface area contributed by atoms with E-state index in [4.69, 9.17) is 4.99 Å². The molecule has 1 aromatic carbocycles. The van der Waals surface area contributed by atoms with E-state index in [1.165, 1.54) is 0 Å². The van der Waals surface area contributed by atoms with E-state index in [1.807, 2.05) is 18.2 Å². The maximum atomic E-state index is 10.1. The average molecular weight is 501 g/mol. The van der Waals surface area contributed by atoms with Crippen LogP contribution in [0.5, 0.6) is 5.75 Å². The zero-order valence-electron chi connectivity index (χ0n) is 15.9. The van der Waals surface area contributed by atoms with E-state index in [-0.39, 0.29) is 24.0 Å². The molecular formula is C19H28IN5OS. The number of anilines is 1. The van der Waals surface area contributed by atoms with Crippen molar-refractivity contribution in [2.45, 2.75) is 26.8 Å². The van der Waals surface area contributed by atoms with Crippen molar-refractivity contribution >= 4 is 47.0 Å². The Labute approximate surface area is 182 Å². The Bertz CT molecular complexity index is 743. The van der Waals surface area contributed by atoms with Gasteiger partial charge in [0.2, 0.25) is 0 Å². The monoisotopic (exact) mass is 501 g/mol. The summed E-state index contributed by atoms with van der Waals surface area (Å²) in [7, 11) is 0. The number of nitrogens with zero attached hydrogens (tertiary/aromatic N) is 4. The lowest BCUT2D eigenvalue weighted by Gasteiger charge is -2.37. The highest BCUT2D eigenvalue weighted by atomic mass is 127. The molecular weight excluding hydrogens is 473 g/mol. The second-order valence-corrected chi connectivity index (χ2v) is 7.16. The van der Waals surface area contributed by atoms with Crippen molar-refractivity contribution in [1.29, 1.82) is 0 Å². The van der Waals surface area contributed by atoms with Crippen LogP contribution in [0, 0.1) is 0 Å². The molecule has 6 nitrogen and oxygen atoms in total. The number of aliphatic imine (C=N–C) groups is 1. The largest absolute Gasteiger partial charge is 0.506 e. The molecule has 1 aromatic heterocycles. The standard InChI is InChI=1S/C19H27N5OS.HI/c1-3-18-22-15(14-26-18)13-21-19(20-4-2)24-11-9-23(10-12-24)16-7-5-6-8-17(16)25;/h5-8,14,25H,3-4,9-13H2,1-2H3,(H,20,21);1H. The number of nitrogens with one attached hydrogen (secondary N) is 1. The van der Waals surface area contributed by atoms with Gasteiger partial charge in [0.05, 0.1) is 22.9 Å². The average Bonchev–Trinajstić information content (AvgIpc) is 3.14.